The quantitative estimate of drug-likeness (QED) is 0.0980. The second-order valence-corrected chi connectivity index (χ2v) is 11.0. The lowest BCUT2D eigenvalue weighted by atomic mass is 9.98. The molecule has 0 aromatic carbocycles. The van der Waals surface area contributed by atoms with Crippen molar-refractivity contribution in [2.75, 3.05) is 18.6 Å². The largest absolute Gasteiger partial charge is 0.480 e. The van der Waals surface area contributed by atoms with Crippen molar-refractivity contribution in [3.05, 3.63) is 11.3 Å². The Morgan fingerprint density at radius 3 is 2.58 bits per heavy atom. The summed E-state index contributed by atoms with van der Waals surface area (Å²) in [6.45, 7) is 0. The van der Waals surface area contributed by atoms with Crippen molar-refractivity contribution >= 4 is 55.5 Å². The molecule has 2 aliphatic heterocycles. The molecule has 2 amide bonds. The van der Waals surface area contributed by atoms with Gasteiger partial charge >= 0.3 is 21.1 Å². The number of nitrogens with zero attached hydrogens (tertiary/aromatic N) is 1. The van der Waals surface area contributed by atoms with Crippen LogP contribution in [0.2, 0.25) is 0 Å². The molecule has 174 valence electrons. The minimum atomic E-state index is -4.41. The highest BCUT2D eigenvalue weighted by molar-refractivity contribution is 8.70. The Labute approximate surface area is 184 Å². The van der Waals surface area contributed by atoms with E-state index in [1.807, 2.05) is 0 Å². The molecule has 16 heteroatoms. The number of thioether (sulfide) groups is 1. The van der Waals surface area contributed by atoms with Gasteiger partial charge in [-0.05, 0) is 18.4 Å². The topological polar surface area (TPSA) is 214 Å². The molecule has 1 saturated heterocycles. The van der Waals surface area contributed by atoms with Gasteiger partial charge < -0.3 is 26.0 Å². The minimum absolute atomic E-state index is 0.0209. The Morgan fingerprint density at radius 2 is 2.06 bits per heavy atom. The summed E-state index contributed by atoms with van der Waals surface area (Å²) in [5, 5.41) is 19.8. The molecule has 13 nitrogen and oxygen atoms in total. The molecule has 0 spiro atoms. The average molecular weight is 500 g/mol. The molecule has 0 bridgehead atoms. The average Bonchev–Trinajstić information content (AvgIpc) is 2.68. The number of carboxylic acids is 2. The van der Waals surface area contributed by atoms with Gasteiger partial charge in [-0.3, -0.25) is 23.8 Å². The van der Waals surface area contributed by atoms with E-state index < -0.39 is 55.7 Å². The first kappa shape index (κ1) is 25.4. The monoisotopic (exact) mass is 499 g/mol. The lowest BCUT2D eigenvalue weighted by molar-refractivity contribution is -0.192. The number of carboxylic acid groups (broad SMARTS) is 2. The van der Waals surface area contributed by atoms with Crippen LogP contribution >= 0.6 is 22.6 Å². The molecule has 0 aromatic rings. The zero-order valence-corrected chi connectivity index (χ0v) is 18.6. The van der Waals surface area contributed by atoms with Crippen molar-refractivity contribution in [1.82, 2.24) is 10.2 Å². The molecular weight excluding hydrogens is 478 g/mol. The molecule has 31 heavy (non-hydrogen) atoms. The molecule has 2 aliphatic rings. The number of fused-ring (bicyclic) bond motifs is 1. The molecule has 2 unspecified atom stereocenters. The molecule has 2 rings (SSSR count). The van der Waals surface area contributed by atoms with Gasteiger partial charge in [-0.15, -0.1) is 11.8 Å². The molecule has 6 N–H and O–H groups in total. The van der Waals surface area contributed by atoms with Gasteiger partial charge in [0.15, 0.2) is 0 Å². The summed E-state index contributed by atoms with van der Waals surface area (Å²) in [6.07, 6.45) is 0.0579. The summed E-state index contributed by atoms with van der Waals surface area (Å²) in [4.78, 5) is 48.5. The van der Waals surface area contributed by atoms with Gasteiger partial charge in [-0.1, -0.05) is 0 Å². The number of hydrogen-bond donors (Lipinski definition) is 5. The van der Waals surface area contributed by atoms with Crippen LogP contribution in [-0.4, -0.2) is 87.6 Å². The Bertz CT molecular complexity index is 921. The van der Waals surface area contributed by atoms with Crippen LogP contribution < -0.4 is 11.1 Å². The normalized spacial score (nSPS) is 24.3. The third kappa shape index (κ3) is 5.50. The third-order valence-electron chi connectivity index (χ3n) is 4.58. The van der Waals surface area contributed by atoms with Gasteiger partial charge in [0.25, 0.3) is 11.6 Å². The minimum Gasteiger partial charge on any atom is -0.480 e. The summed E-state index contributed by atoms with van der Waals surface area (Å²) in [5.74, 6) is -4.47. The highest BCUT2D eigenvalue weighted by Crippen LogP contribution is 2.47. The summed E-state index contributed by atoms with van der Waals surface area (Å²) in [7, 11) is -3.12. The molecule has 0 radical (unpaired) electrons. The number of nitrogens with two attached hydrogens (primary N) is 1. The number of amides is 2. The second kappa shape index (κ2) is 9.74. The summed E-state index contributed by atoms with van der Waals surface area (Å²) >= 11 is 1.06. The number of rotatable bonds is 11. The van der Waals surface area contributed by atoms with Gasteiger partial charge in [0.2, 0.25) is 5.91 Å². The van der Waals surface area contributed by atoms with Gasteiger partial charge in [-0.25, -0.2) is 4.79 Å². The van der Waals surface area contributed by atoms with Crippen molar-refractivity contribution in [2.45, 2.75) is 36.4 Å². The van der Waals surface area contributed by atoms with E-state index in [0.717, 1.165) is 16.7 Å². The number of aliphatic carboxylic acids is 2. The first-order chi connectivity index (χ1) is 14.3. The maximum Gasteiger partial charge on any atom is 0.352 e. The number of nitrogens with one attached hydrogen (secondary N) is 1. The summed E-state index contributed by atoms with van der Waals surface area (Å²) in [5.41, 5.74) is 3.24. The molecule has 3 atom stereocenters. The number of methoxy groups -OCH3 is 1. The summed E-state index contributed by atoms with van der Waals surface area (Å²) in [6, 6.07) is -1.12. The second-order valence-electron chi connectivity index (χ2n) is 6.61. The van der Waals surface area contributed by atoms with Crippen molar-refractivity contribution in [3.8, 4) is 0 Å². The number of carbonyl (C=O) groups excluding carboxylic acids is 2. The Kier molecular flexibility index (Phi) is 7.99. The van der Waals surface area contributed by atoms with Crippen LogP contribution in [0.4, 0.5) is 0 Å². The highest BCUT2D eigenvalue weighted by Gasteiger charge is 2.66. The van der Waals surface area contributed by atoms with Crippen molar-refractivity contribution < 1.29 is 47.1 Å². The standard InChI is InChI=1S/C15H21N3O10S3/c1-28-15(17-9(19)4-2-3-8(16)11(20)21)13(24)18-10(12(22)23)7(5-29-14(15)18)6-30-31(25,26)27/h8,14H,2-6,16H2,1H3,(H,17,19)(H,20,21)(H,22,23)(H,25,26,27)/t8?,14?,15-/m0/s1. The molecule has 0 saturated carbocycles. The maximum absolute atomic E-state index is 12.8. The molecule has 2 heterocycles. The fourth-order valence-corrected chi connectivity index (χ4v) is 6.05. The maximum atomic E-state index is 12.8. The number of β-lactam (4-membered cyclic amide) rings is 1. The Hall–Kier alpha value is -1.85. The van der Waals surface area contributed by atoms with Crippen molar-refractivity contribution in [1.29, 1.82) is 0 Å². The van der Waals surface area contributed by atoms with Gasteiger partial charge in [0, 0.05) is 35.8 Å². The fraction of sp³-hybridized carbons (Fsp3) is 0.600. The van der Waals surface area contributed by atoms with Crippen LogP contribution in [0.5, 0.6) is 0 Å². The van der Waals surface area contributed by atoms with Gasteiger partial charge in [-0.2, -0.15) is 8.42 Å². The van der Waals surface area contributed by atoms with Gasteiger partial charge in [0.1, 0.15) is 17.1 Å². The van der Waals surface area contributed by atoms with E-state index in [1.54, 1.807) is 0 Å². The highest BCUT2D eigenvalue weighted by atomic mass is 33.1. The number of carbonyl (C=O) groups is 4. The van der Waals surface area contributed by atoms with Gasteiger partial charge in [0.05, 0.1) is 0 Å². The van der Waals surface area contributed by atoms with E-state index in [1.165, 1.54) is 7.11 Å². The van der Waals surface area contributed by atoms with E-state index in [4.69, 9.17) is 20.1 Å². The predicted octanol–water partition coefficient (Wildman–Crippen LogP) is -1.18. The molecule has 1 fully saturated rings. The van der Waals surface area contributed by atoms with Crippen LogP contribution in [0.1, 0.15) is 19.3 Å². The lowest BCUT2D eigenvalue weighted by Crippen LogP contribution is -2.80. The lowest BCUT2D eigenvalue weighted by Gasteiger charge is -2.55. The molecular formula is C15H21N3O10S3. The number of ether oxygens (including phenoxy) is 1. The SMILES string of the molecule is CO[C@@]1(NC(=O)CCCC(N)C(=O)O)C(=O)N2C(C(=O)O)=C(CSS(=O)(=O)O)CSC21. The third-order valence-corrected chi connectivity index (χ3v) is 7.96. The van der Waals surface area contributed by atoms with Crippen LogP contribution in [-0.2, 0) is 33.1 Å². The molecule has 0 aliphatic carbocycles. The van der Waals surface area contributed by atoms with E-state index >= 15 is 0 Å². The summed E-state index contributed by atoms with van der Waals surface area (Å²) < 4.78 is 36.1. The number of hydrogen-bond acceptors (Lipinski definition) is 10. The van der Waals surface area contributed by atoms with E-state index in [-0.39, 0.29) is 47.1 Å². The zero-order chi connectivity index (χ0) is 23.6. The van der Waals surface area contributed by atoms with Crippen LogP contribution in [0.25, 0.3) is 0 Å². The van der Waals surface area contributed by atoms with E-state index in [0.29, 0.717) is 0 Å². The predicted molar refractivity (Wildman–Crippen MR) is 109 cm³/mol. The van der Waals surface area contributed by atoms with Crippen LogP contribution in [0, 0.1) is 0 Å². The van der Waals surface area contributed by atoms with E-state index in [9.17, 15) is 32.7 Å². The molecule has 0 aromatic heterocycles. The fourth-order valence-electron chi connectivity index (χ4n) is 3.08. The van der Waals surface area contributed by atoms with Crippen LogP contribution in [0.15, 0.2) is 11.3 Å². The Balaban J connectivity index is 2.14. The van der Waals surface area contributed by atoms with Crippen LogP contribution in [0.3, 0.4) is 0 Å². The van der Waals surface area contributed by atoms with E-state index in [2.05, 4.69) is 5.32 Å². The van der Waals surface area contributed by atoms with Crippen molar-refractivity contribution in [3.63, 3.8) is 0 Å². The Morgan fingerprint density at radius 1 is 1.42 bits per heavy atom. The van der Waals surface area contributed by atoms with Crippen molar-refractivity contribution in [2.24, 2.45) is 5.73 Å². The first-order valence-electron chi connectivity index (χ1n) is 8.71. The first-order valence-corrected chi connectivity index (χ1v) is 12.7. The zero-order valence-electron chi connectivity index (χ0n) is 16.1. The smallest absolute Gasteiger partial charge is 0.352 e.